The average molecular weight is 537 g/mol. The van der Waals surface area contributed by atoms with Crippen molar-refractivity contribution in [2.24, 2.45) is 0 Å². The summed E-state index contributed by atoms with van der Waals surface area (Å²) in [6, 6.07) is 15.9. The Kier molecular flexibility index (Phi) is 6.80. The number of H-pyrrole nitrogens is 1. The summed E-state index contributed by atoms with van der Waals surface area (Å²) in [5.74, 6) is -0.663. The standard InChI is InChI=1S/C27H28N4O6S/c1-16-8-9-18(21(13-26(32)33)19-11-22-27(29-30-28-22)24(12-19)36-3)10-20(16)15-31-14-17(2)37-23-6-4-5-7-25(23)38(31,34)35/h4-12,17,21H,13-15H2,1-3H3,(H,32,33)(H,28,29,30)/t17-,21+/m1/s1. The molecule has 0 saturated carbocycles. The van der Waals surface area contributed by atoms with Crippen LogP contribution in [0.4, 0.5) is 0 Å². The van der Waals surface area contributed by atoms with Gasteiger partial charge in [-0.2, -0.15) is 19.7 Å². The second-order valence-corrected chi connectivity index (χ2v) is 11.3. The zero-order valence-electron chi connectivity index (χ0n) is 21.2. The Bertz CT molecular complexity index is 1620. The lowest BCUT2D eigenvalue weighted by atomic mass is 9.86. The molecule has 0 aliphatic carbocycles. The summed E-state index contributed by atoms with van der Waals surface area (Å²) in [5.41, 5.74) is 4.24. The third-order valence-electron chi connectivity index (χ3n) is 6.79. The summed E-state index contributed by atoms with van der Waals surface area (Å²) >= 11 is 0. The van der Waals surface area contributed by atoms with E-state index in [-0.39, 0.29) is 30.5 Å². The van der Waals surface area contributed by atoms with Gasteiger partial charge < -0.3 is 14.6 Å². The van der Waals surface area contributed by atoms with E-state index >= 15 is 0 Å². The van der Waals surface area contributed by atoms with E-state index < -0.39 is 21.9 Å². The van der Waals surface area contributed by atoms with E-state index in [1.807, 2.05) is 32.0 Å². The Morgan fingerprint density at radius 3 is 2.74 bits per heavy atom. The van der Waals surface area contributed by atoms with Crippen molar-refractivity contribution in [1.29, 1.82) is 0 Å². The van der Waals surface area contributed by atoms with Gasteiger partial charge in [0.25, 0.3) is 0 Å². The van der Waals surface area contributed by atoms with Crippen molar-refractivity contribution in [2.75, 3.05) is 13.7 Å². The van der Waals surface area contributed by atoms with Crippen LogP contribution in [0.3, 0.4) is 0 Å². The van der Waals surface area contributed by atoms with Crippen LogP contribution in [0.2, 0.25) is 0 Å². The van der Waals surface area contributed by atoms with Crippen molar-refractivity contribution in [3.8, 4) is 11.5 Å². The number of hydrogen-bond donors (Lipinski definition) is 2. The van der Waals surface area contributed by atoms with Gasteiger partial charge in [0, 0.05) is 12.5 Å². The Hall–Kier alpha value is -3.96. The highest BCUT2D eigenvalue weighted by Crippen LogP contribution is 2.36. The molecule has 3 aromatic carbocycles. The molecule has 0 fully saturated rings. The molecule has 11 heteroatoms. The van der Waals surface area contributed by atoms with Gasteiger partial charge in [0.15, 0.2) is 5.52 Å². The van der Waals surface area contributed by atoms with E-state index in [9.17, 15) is 18.3 Å². The highest BCUT2D eigenvalue weighted by Gasteiger charge is 2.33. The molecule has 0 spiro atoms. The Morgan fingerprint density at radius 2 is 1.97 bits per heavy atom. The van der Waals surface area contributed by atoms with Crippen molar-refractivity contribution in [2.45, 2.75) is 43.7 Å². The SMILES string of the molecule is COc1cc([C@@H](CC(=O)O)c2ccc(C)c(CN3C[C@@H](C)Oc4ccccc4S3(=O)=O)c2)cc2n[nH]nc12. The van der Waals surface area contributed by atoms with E-state index in [1.54, 1.807) is 36.4 Å². The molecule has 1 aliphatic heterocycles. The molecule has 198 valence electrons. The lowest BCUT2D eigenvalue weighted by Gasteiger charge is -2.24. The van der Waals surface area contributed by atoms with Crippen LogP contribution in [-0.4, -0.2) is 59.0 Å². The van der Waals surface area contributed by atoms with Crippen LogP contribution in [0.1, 0.15) is 41.5 Å². The number of hydrogen-bond acceptors (Lipinski definition) is 7. The third kappa shape index (κ3) is 4.82. The number of rotatable bonds is 7. The van der Waals surface area contributed by atoms with Crippen LogP contribution in [-0.2, 0) is 21.4 Å². The number of ether oxygens (including phenoxy) is 2. The fraction of sp³-hybridized carbons (Fsp3) is 0.296. The van der Waals surface area contributed by atoms with Crippen LogP contribution in [0.5, 0.6) is 11.5 Å². The molecular formula is C27H28N4O6S. The number of aryl methyl sites for hydroxylation is 1. The molecule has 1 aliphatic rings. The second-order valence-electron chi connectivity index (χ2n) is 9.42. The monoisotopic (exact) mass is 536 g/mol. The van der Waals surface area contributed by atoms with Crippen molar-refractivity contribution in [1.82, 2.24) is 19.7 Å². The number of benzene rings is 3. The molecule has 1 aromatic heterocycles. The summed E-state index contributed by atoms with van der Waals surface area (Å²) < 4.78 is 40.0. The minimum absolute atomic E-state index is 0.121. The lowest BCUT2D eigenvalue weighted by Crippen LogP contribution is -2.35. The van der Waals surface area contributed by atoms with Gasteiger partial charge in [0.2, 0.25) is 10.0 Å². The summed E-state index contributed by atoms with van der Waals surface area (Å²) in [5, 5.41) is 20.6. The molecule has 0 unspecified atom stereocenters. The maximum absolute atomic E-state index is 13.6. The van der Waals surface area contributed by atoms with Crippen LogP contribution in [0.15, 0.2) is 59.5 Å². The van der Waals surface area contributed by atoms with Gasteiger partial charge in [-0.15, -0.1) is 0 Å². The van der Waals surface area contributed by atoms with Crippen LogP contribution in [0.25, 0.3) is 11.0 Å². The van der Waals surface area contributed by atoms with Crippen molar-refractivity contribution in [3.63, 3.8) is 0 Å². The van der Waals surface area contributed by atoms with Gasteiger partial charge in [-0.05, 0) is 60.4 Å². The molecular weight excluding hydrogens is 508 g/mol. The van der Waals surface area contributed by atoms with E-state index in [4.69, 9.17) is 9.47 Å². The largest absolute Gasteiger partial charge is 0.494 e. The van der Waals surface area contributed by atoms with E-state index in [0.29, 0.717) is 28.1 Å². The molecule has 0 bridgehead atoms. The van der Waals surface area contributed by atoms with Crippen molar-refractivity contribution < 1.29 is 27.8 Å². The van der Waals surface area contributed by atoms with Crippen LogP contribution in [0, 0.1) is 6.92 Å². The molecule has 0 amide bonds. The fourth-order valence-electron chi connectivity index (χ4n) is 4.86. The zero-order valence-corrected chi connectivity index (χ0v) is 22.0. The summed E-state index contributed by atoms with van der Waals surface area (Å²) in [6.45, 7) is 4.05. The number of nitrogens with one attached hydrogen (secondary N) is 1. The number of aliphatic carboxylic acids is 1. The lowest BCUT2D eigenvalue weighted by molar-refractivity contribution is -0.137. The van der Waals surface area contributed by atoms with Gasteiger partial charge in [-0.1, -0.05) is 30.3 Å². The van der Waals surface area contributed by atoms with E-state index in [2.05, 4.69) is 15.4 Å². The number of aromatic nitrogens is 3. The highest BCUT2D eigenvalue weighted by molar-refractivity contribution is 7.89. The first-order valence-electron chi connectivity index (χ1n) is 12.1. The Balaban J connectivity index is 1.55. The Labute approximate surface area is 220 Å². The number of nitrogens with zero attached hydrogens (tertiary/aromatic N) is 3. The Morgan fingerprint density at radius 1 is 1.18 bits per heavy atom. The molecule has 0 saturated heterocycles. The van der Waals surface area contributed by atoms with Gasteiger partial charge in [-0.3, -0.25) is 4.79 Å². The smallest absolute Gasteiger partial charge is 0.304 e. The fourth-order valence-corrected chi connectivity index (χ4v) is 6.47. The maximum Gasteiger partial charge on any atom is 0.304 e. The van der Waals surface area contributed by atoms with E-state index in [1.165, 1.54) is 11.4 Å². The van der Waals surface area contributed by atoms with Gasteiger partial charge in [0.05, 0.1) is 20.1 Å². The second kappa shape index (κ2) is 10.1. The van der Waals surface area contributed by atoms with Crippen molar-refractivity contribution >= 4 is 27.0 Å². The normalized spacial score (nSPS) is 17.8. The number of carbonyl (C=O) groups is 1. The summed E-state index contributed by atoms with van der Waals surface area (Å²) in [6.07, 6.45) is -0.520. The number of aromatic amines is 1. The molecule has 5 rings (SSSR count). The number of para-hydroxylation sites is 1. The first-order valence-corrected chi connectivity index (χ1v) is 13.6. The molecule has 10 nitrogen and oxygen atoms in total. The summed E-state index contributed by atoms with van der Waals surface area (Å²) in [7, 11) is -2.30. The molecule has 2 heterocycles. The first-order chi connectivity index (χ1) is 18.2. The first kappa shape index (κ1) is 25.7. The minimum Gasteiger partial charge on any atom is -0.494 e. The maximum atomic E-state index is 13.6. The minimum atomic E-state index is -3.82. The van der Waals surface area contributed by atoms with Crippen LogP contribution >= 0.6 is 0 Å². The van der Waals surface area contributed by atoms with Gasteiger partial charge in [-0.25, -0.2) is 8.42 Å². The number of sulfonamides is 1. The predicted molar refractivity (Wildman–Crippen MR) is 140 cm³/mol. The quantitative estimate of drug-likeness (QED) is 0.364. The molecule has 4 aromatic rings. The zero-order chi connectivity index (χ0) is 27.0. The highest BCUT2D eigenvalue weighted by atomic mass is 32.2. The average Bonchev–Trinajstić information content (AvgIpc) is 3.33. The molecule has 38 heavy (non-hydrogen) atoms. The number of methoxy groups -OCH3 is 1. The molecule has 2 N–H and O–H groups in total. The summed E-state index contributed by atoms with van der Waals surface area (Å²) in [4.78, 5) is 12.0. The van der Waals surface area contributed by atoms with Gasteiger partial charge in [0.1, 0.15) is 28.0 Å². The third-order valence-corrected chi connectivity index (χ3v) is 8.64. The topological polar surface area (TPSA) is 135 Å². The number of carboxylic acids is 1. The van der Waals surface area contributed by atoms with Gasteiger partial charge >= 0.3 is 5.97 Å². The molecule has 2 atom stereocenters. The van der Waals surface area contributed by atoms with Crippen molar-refractivity contribution in [3.05, 3.63) is 76.9 Å². The predicted octanol–water partition coefficient (Wildman–Crippen LogP) is 3.85. The molecule has 0 radical (unpaired) electrons. The number of fused-ring (bicyclic) bond motifs is 2. The number of carboxylic acid groups (broad SMARTS) is 1. The van der Waals surface area contributed by atoms with E-state index in [0.717, 1.165) is 16.7 Å². The van der Waals surface area contributed by atoms with Crippen LogP contribution < -0.4 is 9.47 Å².